The van der Waals surface area contributed by atoms with Crippen molar-refractivity contribution in [2.75, 3.05) is 5.32 Å². The lowest BCUT2D eigenvalue weighted by molar-refractivity contribution is -0.116. The normalized spacial score (nSPS) is 14.3. The molecule has 1 saturated carbocycles. The molecule has 136 valence electrons. The predicted octanol–water partition coefficient (Wildman–Crippen LogP) is 5.46. The second-order valence-corrected chi connectivity index (χ2v) is 7.90. The first-order valence-electron chi connectivity index (χ1n) is 8.95. The number of carbonyl (C=O) groups excluding carboxylic acids is 2. The summed E-state index contributed by atoms with van der Waals surface area (Å²) in [6.07, 6.45) is 5.42. The zero-order valence-electron chi connectivity index (χ0n) is 14.5. The molecule has 0 atom stereocenters. The molecule has 5 heteroatoms. The number of anilines is 1. The smallest absolute Gasteiger partial charge is 0.224 e. The van der Waals surface area contributed by atoms with Gasteiger partial charge in [0.1, 0.15) is 5.82 Å². The molecule has 1 amide bonds. The van der Waals surface area contributed by atoms with Gasteiger partial charge in [0, 0.05) is 34.2 Å². The number of amides is 1. The van der Waals surface area contributed by atoms with Crippen LogP contribution in [0.2, 0.25) is 0 Å². The Bertz CT molecular complexity index is 753. The molecule has 0 unspecified atom stereocenters. The molecule has 26 heavy (non-hydrogen) atoms. The maximum Gasteiger partial charge on any atom is 0.224 e. The van der Waals surface area contributed by atoms with Crippen LogP contribution in [0.3, 0.4) is 0 Å². The van der Waals surface area contributed by atoms with Crippen LogP contribution in [0.1, 0.15) is 48.9 Å². The summed E-state index contributed by atoms with van der Waals surface area (Å²) in [7, 11) is 0. The SMILES string of the molecule is O=C(CCC(=O)c1ccc(F)cc1)Nc1ccc(SC2CCCC2)cc1. The Morgan fingerprint density at radius 3 is 2.27 bits per heavy atom. The standard InChI is InChI=1S/C21H22FNO2S/c22-16-7-5-15(6-8-16)20(24)13-14-21(25)23-17-9-11-19(12-10-17)26-18-3-1-2-4-18/h5-12,18H,1-4,13-14H2,(H,23,25). The van der Waals surface area contributed by atoms with Crippen molar-refractivity contribution in [3.63, 3.8) is 0 Å². The predicted molar refractivity (Wildman–Crippen MR) is 103 cm³/mol. The van der Waals surface area contributed by atoms with Crippen molar-refractivity contribution in [1.82, 2.24) is 0 Å². The van der Waals surface area contributed by atoms with Crippen LogP contribution < -0.4 is 5.32 Å². The van der Waals surface area contributed by atoms with E-state index in [2.05, 4.69) is 5.32 Å². The van der Waals surface area contributed by atoms with E-state index in [-0.39, 0.29) is 30.3 Å². The van der Waals surface area contributed by atoms with Crippen LogP contribution in [0.15, 0.2) is 53.4 Å². The molecule has 0 saturated heterocycles. The molecule has 0 radical (unpaired) electrons. The van der Waals surface area contributed by atoms with Gasteiger partial charge in [0.2, 0.25) is 5.91 Å². The number of nitrogens with one attached hydrogen (secondary N) is 1. The highest BCUT2D eigenvalue weighted by molar-refractivity contribution is 8.00. The maximum absolute atomic E-state index is 12.9. The highest BCUT2D eigenvalue weighted by Crippen LogP contribution is 2.34. The van der Waals surface area contributed by atoms with Crippen molar-refractivity contribution >= 4 is 29.1 Å². The molecule has 3 nitrogen and oxygen atoms in total. The Balaban J connectivity index is 1.45. The molecule has 1 aliphatic carbocycles. The van der Waals surface area contributed by atoms with Gasteiger partial charge in [-0.3, -0.25) is 9.59 Å². The van der Waals surface area contributed by atoms with Crippen LogP contribution in [0.25, 0.3) is 0 Å². The van der Waals surface area contributed by atoms with Gasteiger partial charge in [0.05, 0.1) is 0 Å². The second kappa shape index (κ2) is 8.99. The van der Waals surface area contributed by atoms with Gasteiger partial charge in [-0.2, -0.15) is 0 Å². The first-order chi connectivity index (χ1) is 12.6. The van der Waals surface area contributed by atoms with Crippen LogP contribution in [-0.4, -0.2) is 16.9 Å². The van der Waals surface area contributed by atoms with Crippen LogP contribution in [0.5, 0.6) is 0 Å². The number of carbonyl (C=O) groups is 2. The van der Waals surface area contributed by atoms with E-state index in [1.54, 1.807) is 0 Å². The minimum Gasteiger partial charge on any atom is -0.326 e. The molecule has 0 heterocycles. The number of Topliss-reactive ketones (excluding diaryl/α,β-unsaturated/α-hetero) is 1. The van der Waals surface area contributed by atoms with E-state index in [0.29, 0.717) is 10.8 Å². The fourth-order valence-electron chi connectivity index (χ4n) is 3.05. The monoisotopic (exact) mass is 371 g/mol. The molecule has 1 aliphatic rings. The summed E-state index contributed by atoms with van der Waals surface area (Å²) >= 11 is 1.91. The van der Waals surface area contributed by atoms with E-state index in [4.69, 9.17) is 0 Å². The molecular formula is C21H22FNO2S. The molecule has 2 aromatic carbocycles. The number of rotatable bonds is 7. The Hall–Kier alpha value is -2.14. The van der Waals surface area contributed by atoms with Gasteiger partial charge in [-0.05, 0) is 61.4 Å². The first kappa shape index (κ1) is 18.6. The van der Waals surface area contributed by atoms with Crippen LogP contribution in [-0.2, 0) is 4.79 Å². The molecule has 1 fully saturated rings. The summed E-state index contributed by atoms with van der Waals surface area (Å²) < 4.78 is 12.9. The van der Waals surface area contributed by atoms with Crippen molar-refractivity contribution in [3.05, 3.63) is 59.9 Å². The third-order valence-electron chi connectivity index (χ3n) is 4.49. The quantitative estimate of drug-likeness (QED) is 0.657. The molecular weight excluding hydrogens is 349 g/mol. The molecule has 0 bridgehead atoms. The van der Waals surface area contributed by atoms with Gasteiger partial charge in [0.25, 0.3) is 0 Å². The lowest BCUT2D eigenvalue weighted by atomic mass is 10.1. The summed E-state index contributed by atoms with van der Waals surface area (Å²) in [5.74, 6) is -0.742. The minimum atomic E-state index is -0.381. The third-order valence-corrected chi connectivity index (χ3v) is 5.84. The summed E-state index contributed by atoms with van der Waals surface area (Å²) in [4.78, 5) is 25.3. The van der Waals surface area contributed by atoms with E-state index >= 15 is 0 Å². The minimum absolute atomic E-state index is 0.104. The first-order valence-corrected chi connectivity index (χ1v) is 9.83. The lowest BCUT2D eigenvalue weighted by Gasteiger charge is -2.10. The molecule has 0 aliphatic heterocycles. The zero-order chi connectivity index (χ0) is 18.4. The van der Waals surface area contributed by atoms with E-state index in [1.807, 2.05) is 36.0 Å². The average Bonchev–Trinajstić information content (AvgIpc) is 3.15. The Morgan fingerprint density at radius 1 is 0.962 bits per heavy atom. The van der Waals surface area contributed by atoms with Crippen molar-refractivity contribution < 1.29 is 14.0 Å². The highest BCUT2D eigenvalue weighted by atomic mass is 32.2. The molecule has 0 spiro atoms. The van der Waals surface area contributed by atoms with Crippen molar-refractivity contribution in [1.29, 1.82) is 0 Å². The van der Waals surface area contributed by atoms with Gasteiger partial charge in [0.15, 0.2) is 5.78 Å². The number of hydrogen-bond donors (Lipinski definition) is 1. The summed E-state index contributed by atoms with van der Waals surface area (Å²) in [6, 6.07) is 13.2. The second-order valence-electron chi connectivity index (χ2n) is 6.53. The largest absolute Gasteiger partial charge is 0.326 e. The third kappa shape index (κ3) is 5.43. The highest BCUT2D eigenvalue weighted by Gasteiger charge is 2.16. The molecule has 1 N–H and O–H groups in total. The van der Waals surface area contributed by atoms with Crippen molar-refractivity contribution in [3.8, 4) is 0 Å². The van der Waals surface area contributed by atoms with Crippen molar-refractivity contribution in [2.45, 2.75) is 48.7 Å². The Morgan fingerprint density at radius 2 is 1.62 bits per heavy atom. The van der Waals surface area contributed by atoms with Gasteiger partial charge < -0.3 is 5.32 Å². The van der Waals surface area contributed by atoms with E-state index in [1.165, 1.54) is 54.8 Å². The van der Waals surface area contributed by atoms with Gasteiger partial charge in [-0.1, -0.05) is 12.8 Å². The fraction of sp³-hybridized carbons (Fsp3) is 0.333. The fourth-order valence-corrected chi connectivity index (χ4v) is 4.29. The number of hydrogen-bond acceptors (Lipinski definition) is 3. The van der Waals surface area contributed by atoms with Crippen LogP contribution in [0, 0.1) is 5.82 Å². The number of ketones is 1. The topological polar surface area (TPSA) is 46.2 Å². The Kier molecular flexibility index (Phi) is 6.45. The number of halogens is 1. The molecule has 3 rings (SSSR count). The van der Waals surface area contributed by atoms with E-state index in [9.17, 15) is 14.0 Å². The van der Waals surface area contributed by atoms with E-state index < -0.39 is 0 Å². The van der Waals surface area contributed by atoms with Crippen LogP contribution >= 0.6 is 11.8 Å². The lowest BCUT2D eigenvalue weighted by Crippen LogP contribution is -2.13. The van der Waals surface area contributed by atoms with Crippen LogP contribution in [0.4, 0.5) is 10.1 Å². The van der Waals surface area contributed by atoms with Gasteiger partial charge >= 0.3 is 0 Å². The zero-order valence-corrected chi connectivity index (χ0v) is 15.4. The molecule has 2 aromatic rings. The Labute approximate surface area is 157 Å². The maximum atomic E-state index is 12.9. The summed E-state index contributed by atoms with van der Waals surface area (Å²) in [5.41, 5.74) is 1.16. The molecule has 0 aromatic heterocycles. The number of thioether (sulfide) groups is 1. The number of benzene rings is 2. The summed E-state index contributed by atoms with van der Waals surface area (Å²) in [5, 5.41) is 3.53. The van der Waals surface area contributed by atoms with Gasteiger partial charge in [-0.25, -0.2) is 4.39 Å². The van der Waals surface area contributed by atoms with E-state index in [0.717, 1.165) is 5.69 Å². The summed E-state index contributed by atoms with van der Waals surface area (Å²) in [6.45, 7) is 0. The van der Waals surface area contributed by atoms with Gasteiger partial charge in [-0.15, -0.1) is 11.8 Å². The van der Waals surface area contributed by atoms with Crippen molar-refractivity contribution in [2.24, 2.45) is 0 Å². The average molecular weight is 371 g/mol.